The fourth-order valence-electron chi connectivity index (χ4n) is 2.68. The quantitative estimate of drug-likeness (QED) is 0.897. The summed E-state index contributed by atoms with van der Waals surface area (Å²) < 4.78 is 38.0. The van der Waals surface area contributed by atoms with Gasteiger partial charge in [0.05, 0.1) is 18.2 Å². The van der Waals surface area contributed by atoms with E-state index in [-0.39, 0.29) is 18.2 Å². The predicted octanol–water partition coefficient (Wildman–Crippen LogP) is 3.93. The molecule has 0 bridgehead atoms. The van der Waals surface area contributed by atoms with Crippen LogP contribution in [0.1, 0.15) is 51.3 Å². The molecule has 3 nitrogen and oxygen atoms in total. The molecule has 0 amide bonds. The van der Waals surface area contributed by atoms with Crippen LogP contribution in [0.5, 0.6) is 0 Å². The van der Waals surface area contributed by atoms with Gasteiger partial charge in [-0.2, -0.15) is 18.2 Å². The molecule has 2 rings (SSSR count). The van der Waals surface area contributed by atoms with Gasteiger partial charge in [-0.1, -0.05) is 12.1 Å². The van der Waals surface area contributed by atoms with Crippen molar-refractivity contribution in [3.8, 4) is 0 Å². The molecule has 124 valence electrons. The number of halogens is 3. The molecule has 0 spiro atoms. The van der Waals surface area contributed by atoms with Gasteiger partial charge in [-0.05, 0) is 45.4 Å². The van der Waals surface area contributed by atoms with Gasteiger partial charge in [0.15, 0.2) is 0 Å². The monoisotopic (exact) mass is 317 g/mol. The lowest BCUT2D eigenvalue weighted by Gasteiger charge is -2.36. The summed E-state index contributed by atoms with van der Waals surface area (Å²) in [5.41, 5.74) is -0.969. The average molecular weight is 317 g/mol. The molecule has 1 aromatic carbocycles. The zero-order valence-corrected chi connectivity index (χ0v) is 13.2. The zero-order valence-electron chi connectivity index (χ0n) is 13.2. The highest BCUT2D eigenvalue weighted by atomic mass is 19.4. The van der Waals surface area contributed by atoms with Crippen molar-refractivity contribution < 1.29 is 23.1 Å². The third-order valence-corrected chi connectivity index (χ3v) is 3.85. The molecule has 6 heteroatoms. The Morgan fingerprint density at radius 2 is 1.77 bits per heavy atom. The van der Waals surface area contributed by atoms with E-state index < -0.39 is 17.3 Å². The van der Waals surface area contributed by atoms with Crippen molar-refractivity contribution in [3.05, 3.63) is 35.4 Å². The van der Waals surface area contributed by atoms with Crippen LogP contribution in [0.25, 0.3) is 0 Å². The maximum atomic E-state index is 12.7. The number of benzene rings is 1. The molecule has 0 saturated carbocycles. The number of aliphatic hydroxyl groups excluding tert-OH is 1. The van der Waals surface area contributed by atoms with Crippen molar-refractivity contribution in [1.29, 1.82) is 0 Å². The largest absolute Gasteiger partial charge is 0.416 e. The van der Waals surface area contributed by atoms with Crippen LogP contribution in [0.15, 0.2) is 24.3 Å². The Morgan fingerprint density at radius 1 is 1.23 bits per heavy atom. The third kappa shape index (κ3) is 3.45. The fourth-order valence-corrected chi connectivity index (χ4v) is 2.68. The van der Waals surface area contributed by atoms with E-state index in [0.29, 0.717) is 6.42 Å². The first-order valence-electron chi connectivity index (χ1n) is 7.23. The maximum Gasteiger partial charge on any atom is 0.416 e. The Hall–Kier alpha value is -1.11. The van der Waals surface area contributed by atoms with E-state index in [1.54, 1.807) is 12.0 Å². The topological polar surface area (TPSA) is 32.7 Å². The first-order chi connectivity index (χ1) is 9.96. The van der Waals surface area contributed by atoms with Gasteiger partial charge in [-0.3, -0.25) is 4.84 Å². The Morgan fingerprint density at radius 3 is 2.18 bits per heavy atom. The molecule has 1 aliphatic rings. The summed E-state index contributed by atoms with van der Waals surface area (Å²) in [7, 11) is 0. The van der Waals surface area contributed by atoms with Crippen molar-refractivity contribution in [2.75, 3.05) is 6.61 Å². The molecule has 1 aromatic rings. The van der Waals surface area contributed by atoms with E-state index in [0.717, 1.165) is 17.7 Å². The summed E-state index contributed by atoms with van der Waals surface area (Å²) in [4.78, 5) is 5.89. The van der Waals surface area contributed by atoms with Crippen LogP contribution in [-0.4, -0.2) is 27.9 Å². The molecule has 1 N–H and O–H groups in total. The number of alkyl halides is 3. The highest BCUT2D eigenvalue weighted by molar-refractivity contribution is 5.28. The highest BCUT2D eigenvalue weighted by Gasteiger charge is 2.47. The van der Waals surface area contributed by atoms with E-state index in [1.807, 2.05) is 20.8 Å². The van der Waals surface area contributed by atoms with Crippen molar-refractivity contribution in [2.45, 2.75) is 57.5 Å². The number of hydroxylamine groups is 2. The van der Waals surface area contributed by atoms with Crippen LogP contribution >= 0.6 is 0 Å². The minimum Gasteiger partial charge on any atom is -0.393 e. The molecule has 22 heavy (non-hydrogen) atoms. The Bertz CT molecular complexity index is 522. The van der Waals surface area contributed by atoms with Gasteiger partial charge in [0.2, 0.25) is 0 Å². The standard InChI is InChI=1S/C16H22F3NO2/c1-14(2,3)20-13(9-15(4,10-21)22-20)11-5-7-12(8-6-11)16(17,18)19/h5-8,13,21H,9-10H2,1-4H3/t13-,15-/m0/s1. The summed E-state index contributed by atoms with van der Waals surface area (Å²) in [6.45, 7) is 7.56. The first-order valence-corrected chi connectivity index (χ1v) is 7.23. The fraction of sp³-hybridized carbons (Fsp3) is 0.625. The van der Waals surface area contributed by atoms with Crippen molar-refractivity contribution in [2.24, 2.45) is 0 Å². The van der Waals surface area contributed by atoms with Crippen LogP contribution in [0.4, 0.5) is 13.2 Å². The minimum absolute atomic E-state index is 0.142. The molecular formula is C16H22F3NO2. The molecule has 1 fully saturated rings. The van der Waals surface area contributed by atoms with Crippen LogP contribution in [0, 0.1) is 0 Å². The summed E-state index contributed by atoms with van der Waals surface area (Å²) in [5.74, 6) is 0. The average Bonchev–Trinajstić information content (AvgIpc) is 2.77. The van der Waals surface area contributed by atoms with E-state index in [2.05, 4.69) is 0 Å². The summed E-state index contributed by atoms with van der Waals surface area (Å²) >= 11 is 0. The number of hydrogen-bond acceptors (Lipinski definition) is 3. The van der Waals surface area contributed by atoms with E-state index >= 15 is 0 Å². The number of rotatable bonds is 2. The number of aliphatic hydroxyl groups is 1. The second kappa shape index (κ2) is 5.51. The molecule has 1 heterocycles. The van der Waals surface area contributed by atoms with Crippen LogP contribution in [-0.2, 0) is 11.0 Å². The summed E-state index contributed by atoms with van der Waals surface area (Å²) in [6.07, 6.45) is -3.82. The van der Waals surface area contributed by atoms with Gasteiger partial charge < -0.3 is 5.11 Å². The minimum atomic E-state index is -4.34. The second-order valence-corrected chi connectivity index (χ2v) is 7.04. The van der Waals surface area contributed by atoms with Crippen molar-refractivity contribution in [3.63, 3.8) is 0 Å². The molecule has 0 aromatic heterocycles. The van der Waals surface area contributed by atoms with E-state index in [1.165, 1.54) is 12.1 Å². The van der Waals surface area contributed by atoms with Crippen molar-refractivity contribution in [1.82, 2.24) is 5.06 Å². The predicted molar refractivity (Wildman–Crippen MR) is 77.0 cm³/mol. The number of nitrogens with zero attached hydrogens (tertiary/aromatic N) is 1. The molecule has 0 unspecified atom stereocenters. The van der Waals surface area contributed by atoms with E-state index in [4.69, 9.17) is 4.84 Å². The molecule has 0 radical (unpaired) electrons. The first kappa shape index (κ1) is 17.2. The Balaban J connectivity index is 2.32. The van der Waals surface area contributed by atoms with Gasteiger partial charge in [-0.15, -0.1) is 0 Å². The lowest BCUT2D eigenvalue weighted by molar-refractivity contribution is -0.249. The normalized spacial score (nSPS) is 27.4. The molecule has 2 atom stereocenters. The van der Waals surface area contributed by atoms with Crippen molar-refractivity contribution >= 4 is 0 Å². The molecule has 0 aliphatic carbocycles. The number of hydrogen-bond donors (Lipinski definition) is 1. The third-order valence-electron chi connectivity index (χ3n) is 3.85. The SMILES string of the molecule is CC(C)(C)N1O[C@](C)(CO)C[C@H]1c1ccc(C(F)(F)F)cc1. The smallest absolute Gasteiger partial charge is 0.393 e. The lowest BCUT2D eigenvalue weighted by atomic mass is 9.92. The highest BCUT2D eigenvalue weighted by Crippen LogP contribution is 2.44. The molecular weight excluding hydrogens is 295 g/mol. The Kier molecular flexibility index (Phi) is 4.32. The van der Waals surface area contributed by atoms with Crippen LogP contribution < -0.4 is 0 Å². The Labute approximate surface area is 128 Å². The summed E-state index contributed by atoms with van der Waals surface area (Å²) in [5, 5.41) is 11.3. The molecule has 1 aliphatic heterocycles. The van der Waals surface area contributed by atoms with Crippen LogP contribution in [0.2, 0.25) is 0 Å². The maximum absolute atomic E-state index is 12.7. The zero-order chi connectivity index (χ0) is 16.8. The van der Waals surface area contributed by atoms with Gasteiger partial charge in [-0.25, -0.2) is 0 Å². The lowest BCUT2D eigenvalue weighted by Crippen LogP contribution is -2.42. The second-order valence-electron chi connectivity index (χ2n) is 7.04. The van der Waals surface area contributed by atoms with Gasteiger partial charge in [0.1, 0.15) is 5.60 Å². The van der Waals surface area contributed by atoms with E-state index in [9.17, 15) is 18.3 Å². The summed E-state index contributed by atoms with van der Waals surface area (Å²) in [6, 6.07) is 4.95. The molecule has 1 saturated heterocycles. The van der Waals surface area contributed by atoms with Gasteiger partial charge in [0, 0.05) is 12.0 Å². The van der Waals surface area contributed by atoms with Crippen LogP contribution in [0.3, 0.4) is 0 Å². The van der Waals surface area contributed by atoms with Gasteiger partial charge >= 0.3 is 6.18 Å². The van der Waals surface area contributed by atoms with Gasteiger partial charge in [0.25, 0.3) is 0 Å².